The summed E-state index contributed by atoms with van der Waals surface area (Å²) in [7, 11) is 0. The average molecular weight is 337 g/mol. The van der Waals surface area contributed by atoms with Gasteiger partial charge in [0, 0.05) is 24.7 Å². The Morgan fingerprint density at radius 1 is 1.20 bits per heavy atom. The van der Waals surface area contributed by atoms with E-state index < -0.39 is 0 Å². The van der Waals surface area contributed by atoms with Crippen LogP contribution in [0, 0.1) is 0 Å². The summed E-state index contributed by atoms with van der Waals surface area (Å²) in [5.74, 6) is 0.817. The monoisotopic (exact) mass is 337 g/mol. The van der Waals surface area contributed by atoms with E-state index in [1.165, 1.54) is 0 Å². The third-order valence-corrected chi connectivity index (χ3v) is 5.13. The Morgan fingerprint density at radius 2 is 2.04 bits per heavy atom. The summed E-state index contributed by atoms with van der Waals surface area (Å²) in [5.41, 5.74) is 1.84. The van der Waals surface area contributed by atoms with Gasteiger partial charge in [-0.1, -0.05) is 42.5 Å². The summed E-state index contributed by atoms with van der Waals surface area (Å²) in [6.07, 6.45) is 10.9. The highest BCUT2D eigenvalue weighted by Gasteiger charge is 2.33. The van der Waals surface area contributed by atoms with Gasteiger partial charge in [-0.15, -0.1) is 0 Å². The fraction of sp³-hybridized carbons (Fsp3) is 0.350. The van der Waals surface area contributed by atoms with Crippen molar-refractivity contribution in [1.29, 1.82) is 0 Å². The maximum absolute atomic E-state index is 12.9. The molecular formula is C20H23N3O2. The highest BCUT2D eigenvalue weighted by Crippen LogP contribution is 2.29. The predicted molar refractivity (Wildman–Crippen MR) is 98.1 cm³/mol. The summed E-state index contributed by atoms with van der Waals surface area (Å²) in [6, 6.07) is 10.1. The van der Waals surface area contributed by atoms with Crippen molar-refractivity contribution in [2.24, 2.45) is 0 Å². The maximum atomic E-state index is 12.9. The molecule has 4 rings (SSSR count). The van der Waals surface area contributed by atoms with Crippen molar-refractivity contribution < 1.29 is 5.11 Å². The number of H-pyrrole nitrogens is 1. The number of aliphatic hydroxyl groups is 1. The molecule has 1 aromatic heterocycles. The molecule has 130 valence electrons. The van der Waals surface area contributed by atoms with Crippen LogP contribution in [0.1, 0.15) is 30.4 Å². The van der Waals surface area contributed by atoms with E-state index in [1.54, 1.807) is 10.9 Å². The van der Waals surface area contributed by atoms with Gasteiger partial charge >= 0.3 is 0 Å². The minimum Gasteiger partial charge on any atom is -0.391 e. The molecule has 0 radical (unpaired) electrons. The predicted octanol–water partition coefficient (Wildman–Crippen LogP) is 2.35. The van der Waals surface area contributed by atoms with E-state index in [0.29, 0.717) is 13.0 Å². The van der Waals surface area contributed by atoms with Gasteiger partial charge in [-0.2, -0.15) is 0 Å². The molecule has 2 aromatic rings. The highest BCUT2D eigenvalue weighted by atomic mass is 16.3. The van der Waals surface area contributed by atoms with Crippen molar-refractivity contribution in [3.63, 3.8) is 0 Å². The minimum absolute atomic E-state index is 0.0251. The van der Waals surface area contributed by atoms with Crippen LogP contribution >= 0.6 is 0 Å². The summed E-state index contributed by atoms with van der Waals surface area (Å²) < 4.78 is 1.60. The number of aromatic nitrogens is 2. The molecule has 0 spiro atoms. The number of hydrogen-bond acceptors (Lipinski definition) is 3. The smallest absolute Gasteiger partial charge is 0.276 e. The Balaban J connectivity index is 1.63. The summed E-state index contributed by atoms with van der Waals surface area (Å²) in [5, 5.41) is 13.4. The second-order valence-corrected chi connectivity index (χ2v) is 6.77. The first-order chi connectivity index (χ1) is 12.2. The molecule has 5 heteroatoms. The number of hydrogen-bond donors (Lipinski definition) is 2. The Kier molecular flexibility index (Phi) is 4.32. The average Bonchev–Trinajstić information content (AvgIpc) is 3.22. The maximum Gasteiger partial charge on any atom is 0.276 e. The van der Waals surface area contributed by atoms with Crippen molar-refractivity contribution >= 4 is 5.82 Å². The lowest BCUT2D eigenvalue weighted by Gasteiger charge is -2.35. The molecule has 0 unspecified atom stereocenters. The SMILES string of the molecule is O=c1c(Cc2ccccc2)c[nH]n1C1=CC=CCN1[C@H]1CCC[C@@H]1O. The molecule has 0 saturated heterocycles. The van der Waals surface area contributed by atoms with Crippen molar-refractivity contribution in [1.82, 2.24) is 14.7 Å². The first kappa shape index (κ1) is 16.0. The first-order valence-corrected chi connectivity index (χ1v) is 8.89. The van der Waals surface area contributed by atoms with E-state index in [4.69, 9.17) is 0 Å². The Bertz CT molecular complexity index is 847. The summed E-state index contributed by atoms with van der Waals surface area (Å²) in [4.78, 5) is 15.0. The van der Waals surface area contributed by atoms with Gasteiger partial charge in [0.15, 0.2) is 0 Å². The fourth-order valence-electron chi connectivity index (χ4n) is 3.83. The standard InChI is InChI=1S/C20H23N3O2/c24-18-10-6-9-17(18)22-12-5-4-11-19(22)23-20(25)16(14-21-23)13-15-7-2-1-3-8-15/h1-5,7-8,11,14,17-18,21,24H,6,9-10,12-13H2/t17-,18-/m0/s1. The molecule has 2 heterocycles. The van der Waals surface area contributed by atoms with E-state index in [0.717, 1.165) is 36.2 Å². The molecule has 1 fully saturated rings. The molecule has 0 bridgehead atoms. The quantitative estimate of drug-likeness (QED) is 0.900. The number of rotatable bonds is 4. The highest BCUT2D eigenvalue weighted by molar-refractivity contribution is 5.49. The molecule has 2 N–H and O–H groups in total. The van der Waals surface area contributed by atoms with Gasteiger partial charge < -0.3 is 10.0 Å². The number of allylic oxidation sites excluding steroid dienone is 2. The zero-order valence-corrected chi connectivity index (χ0v) is 14.1. The summed E-state index contributed by atoms with van der Waals surface area (Å²) >= 11 is 0. The van der Waals surface area contributed by atoms with E-state index in [2.05, 4.69) is 16.1 Å². The molecule has 2 aliphatic rings. The van der Waals surface area contributed by atoms with Gasteiger partial charge in [0.25, 0.3) is 5.56 Å². The van der Waals surface area contributed by atoms with E-state index in [9.17, 15) is 9.90 Å². The van der Waals surface area contributed by atoms with E-state index in [1.807, 2.05) is 42.5 Å². The summed E-state index contributed by atoms with van der Waals surface area (Å²) in [6.45, 7) is 0.715. The molecule has 1 aliphatic heterocycles. The molecule has 1 saturated carbocycles. The molecule has 1 aliphatic carbocycles. The van der Waals surface area contributed by atoms with Gasteiger partial charge in [-0.05, 0) is 30.9 Å². The molecule has 2 atom stereocenters. The minimum atomic E-state index is -0.329. The first-order valence-electron chi connectivity index (χ1n) is 8.89. The number of nitrogens with zero attached hydrogens (tertiary/aromatic N) is 2. The normalized spacial score (nSPS) is 23.1. The molecular weight excluding hydrogens is 314 g/mol. The Hall–Kier alpha value is -2.53. The van der Waals surface area contributed by atoms with Gasteiger partial charge in [-0.3, -0.25) is 9.89 Å². The second-order valence-electron chi connectivity index (χ2n) is 6.77. The van der Waals surface area contributed by atoms with Crippen molar-refractivity contribution in [3.05, 3.63) is 76.2 Å². The zero-order chi connectivity index (χ0) is 17.2. The lowest BCUT2D eigenvalue weighted by Crippen LogP contribution is -2.43. The number of aliphatic hydroxyl groups excluding tert-OH is 1. The van der Waals surface area contributed by atoms with Crippen LogP contribution in [0.2, 0.25) is 0 Å². The molecule has 5 nitrogen and oxygen atoms in total. The van der Waals surface area contributed by atoms with Crippen LogP contribution in [0.3, 0.4) is 0 Å². The number of aromatic amines is 1. The van der Waals surface area contributed by atoms with Crippen LogP contribution in [-0.2, 0) is 6.42 Å². The Labute approximate surface area is 146 Å². The van der Waals surface area contributed by atoms with Crippen molar-refractivity contribution in [2.75, 3.05) is 6.54 Å². The van der Waals surface area contributed by atoms with Crippen LogP contribution in [0.5, 0.6) is 0 Å². The zero-order valence-electron chi connectivity index (χ0n) is 14.1. The van der Waals surface area contributed by atoms with E-state index >= 15 is 0 Å². The van der Waals surface area contributed by atoms with Crippen LogP contribution in [0.15, 0.2) is 59.6 Å². The number of benzene rings is 1. The van der Waals surface area contributed by atoms with Crippen LogP contribution in [0.25, 0.3) is 5.82 Å². The third kappa shape index (κ3) is 3.07. The van der Waals surface area contributed by atoms with Crippen LogP contribution in [-0.4, -0.2) is 38.5 Å². The van der Waals surface area contributed by atoms with Gasteiger partial charge in [-0.25, -0.2) is 4.68 Å². The molecule has 25 heavy (non-hydrogen) atoms. The van der Waals surface area contributed by atoms with Gasteiger partial charge in [0.1, 0.15) is 5.82 Å². The topological polar surface area (TPSA) is 61.3 Å². The van der Waals surface area contributed by atoms with Crippen molar-refractivity contribution in [2.45, 2.75) is 37.8 Å². The second kappa shape index (κ2) is 6.76. The third-order valence-electron chi connectivity index (χ3n) is 5.13. The number of nitrogens with one attached hydrogen (secondary N) is 1. The lowest BCUT2D eigenvalue weighted by atomic mass is 10.1. The van der Waals surface area contributed by atoms with Gasteiger partial charge in [0.2, 0.25) is 0 Å². The largest absolute Gasteiger partial charge is 0.391 e. The van der Waals surface area contributed by atoms with Crippen LogP contribution in [0.4, 0.5) is 0 Å². The van der Waals surface area contributed by atoms with Crippen molar-refractivity contribution in [3.8, 4) is 0 Å². The molecule has 0 amide bonds. The fourth-order valence-corrected chi connectivity index (χ4v) is 3.83. The molecule has 1 aromatic carbocycles. The van der Waals surface area contributed by atoms with E-state index in [-0.39, 0.29) is 17.7 Å². The Morgan fingerprint density at radius 3 is 2.80 bits per heavy atom. The lowest BCUT2D eigenvalue weighted by molar-refractivity contribution is 0.104. The van der Waals surface area contributed by atoms with Gasteiger partial charge in [0.05, 0.1) is 12.1 Å². The van der Waals surface area contributed by atoms with Crippen LogP contribution < -0.4 is 5.56 Å².